The van der Waals surface area contributed by atoms with E-state index in [1.54, 1.807) is 24.3 Å². The first-order valence-corrected chi connectivity index (χ1v) is 22.2. The van der Waals surface area contributed by atoms with Crippen molar-refractivity contribution in [3.8, 4) is 0 Å². The number of allylic oxidation sites excluding steroid dienone is 9. The molecular weight excluding hydrogens is 737 g/mol. The molecule has 0 aromatic heterocycles. The van der Waals surface area contributed by atoms with Gasteiger partial charge in [0, 0.05) is 25.3 Å². The van der Waals surface area contributed by atoms with Crippen LogP contribution >= 0.6 is 7.82 Å². The molecule has 0 aliphatic heterocycles. The summed E-state index contributed by atoms with van der Waals surface area (Å²) in [6, 6.07) is 0. The molecule has 1 aliphatic carbocycles. The quantitative estimate of drug-likeness (QED) is 0.0187. The highest BCUT2D eigenvalue weighted by Gasteiger charge is 2.39. The van der Waals surface area contributed by atoms with Crippen LogP contribution in [0.2, 0.25) is 0 Å². The van der Waals surface area contributed by atoms with Gasteiger partial charge in [-0.25, -0.2) is 4.57 Å². The third-order valence-corrected chi connectivity index (χ3v) is 10.2. The van der Waals surface area contributed by atoms with Gasteiger partial charge in [-0.2, -0.15) is 0 Å². The van der Waals surface area contributed by atoms with Crippen molar-refractivity contribution in [1.82, 2.24) is 0 Å². The van der Waals surface area contributed by atoms with Crippen molar-refractivity contribution in [3.63, 3.8) is 0 Å². The van der Waals surface area contributed by atoms with Crippen LogP contribution in [0.4, 0.5) is 0 Å². The third kappa shape index (κ3) is 27.1. The van der Waals surface area contributed by atoms with E-state index < -0.39 is 57.4 Å². The zero-order valence-electron chi connectivity index (χ0n) is 33.9. The van der Waals surface area contributed by atoms with Crippen molar-refractivity contribution in [2.45, 2.75) is 147 Å². The average Bonchev–Trinajstić information content (AvgIpc) is 3.44. The predicted molar refractivity (Wildman–Crippen MR) is 221 cm³/mol. The molecule has 12 nitrogen and oxygen atoms in total. The molecule has 1 rings (SSSR count). The summed E-state index contributed by atoms with van der Waals surface area (Å²) in [5.41, 5.74) is 5.33. The molecule has 0 saturated heterocycles. The van der Waals surface area contributed by atoms with E-state index in [1.807, 2.05) is 12.2 Å². The Kier molecular flexibility index (Phi) is 30.5. The van der Waals surface area contributed by atoms with Crippen molar-refractivity contribution in [3.05, 3.63) is 72.9 Å². The van der Waals surface area contributed by atoms with Gasteiger partial charge in [0.25, 0.3) is 0 Å². The molecule has 13 heteroatoms. The lowest BCUT2D eigenvalue weighted by Crippen LogP contribution is -2.29. The van der Waals surface area contributed by atoms with Gasteiger partial charge in [0.2, 0.25) is 0 Å². The predicted octanol–water partition coefficient (Wildman–Crippen LogP) is 7.87. The van der Waals surface area contributed by atoms with Crippen molar-refractivity contribution in [2.75, 3.05) is 26.4 Å². The summed E-state index contributed by atoms with van der Waals surface area (Å²) in [7, 11) is -4.48. The van der Waals surface area contributed by atoms with Gasteiger partial charge < -0.3 is 35.4 Å². The number of phosphoric acid groups is 1. The van der Waals surface area contributed by atoms with E-state index in [0.29, 0.717) is 25.7 Å². The molecular formula is C43H72NO11P. The molecule has 56 heavy (non-hydrogen) atoms. The number of rotatable bonds is 33. The van der Waals surface area contributed by atoms with Crippen LogP contribution in [0, 0.1) is 11.8 Å². The van der Waals surface area contributed by atoms with Gasteiger partial charge in [0.1, 0.15) is 6.61 Å². The smallest absolute Gasteiger partial charge is 0.461 e. The van der Waals surface area contributed by atoms with Crippen LogP contribution in [0.1, 0.15) is 123 Å². The van der Waals surface area contributed by atoms with E-state index in [9.17, 15) is 34.4 Å². The van der Waals surface area contributed by atoms with E-state index in [-0.39, 0.29) is 44.2 Å². The fourth-order valence-corrected chi connectivity index (χ4v) is 6.77. The minimum absolute atomic E-state index is 0.00318. The van der Waals surface area contributed by atoms with Gasteiger partial charge in [0.05, 0.1) is 37.9 Å². The largest absolute Gasteiger partial charge is 0.472 e. The molecule has 1 aliphatic rings. The second-order valence-electron chi connectivity index (χ2n) is 14.1. The Bertz CT molecular complexity index is 1260. The second kappa shape index (κ2) is 33.3. The highest BCUT2D eigenvalue weighted by Crippen LogP contribution is 2.43. The molecule has 0 amide bonds. The number of ether oxygens (including phenoxy) is 2. The Morgan fingerprint density at radius 1 is 0.786 bits per heavy atom. The molecule has 7 atom stereocenters. The van der Waals surface area contributed by atoms with Gasteiger partial charge >= 0.3 is 19.8 Å². The number of nitrogens with two attached hydrogens (primary N) is 1. The van der Waals surface area contributed by atoms with Crippen molar-refractivity contribution < 1.29 is 52.9 Å². The SMILES string of the molecule is CCCCC/C=C\C/C=C\C/C=C\C/C=C\CCCC(=O)O[C@H](COC(=O)C/C=C\C[C@H]1[C@@H](/C=C/[C@H](O)CCCCC)[C@H](O)C[C@@H]1O)COP(=O)(O)OCCN. The molecule has 0 aromatic rings. The van der Waals surface area contributed by atoms with Gasteiger partial charge in [-0.05, 0) is 63.7 Å². The number of esters is 2. The first-order valence-electron chi connectivity index (χ1n) is 20.7. The Morgan fingerprint density at radius 3 is 2.05 bits per heavy atom. The maximum atomic E-state index is 12.6. The summed E-state index contributed by atoms with van der Waals surface area (Å²) in [5.74, 6) is -1.82. The van der Waals surface area contributed by atoms with Crippen LogP contribution in [-0.4, -0.2) is 82.9 Å². The molecule has 0 bridgehead atoms. The lowest BCUT2D eigenvalue weighted by molar-refractivity contribution is -0.160. The molecule has 1 fully saturated rings. The topological polar surface area (TPSA) is 195 Å². The van der Waals surface area contributed by atoms with Gasteiger partial charge in [-0.3, -0.25) is 18.6 Å². The zero-order chi connectivity index (χ0) is 41.3. The van der Waals surface area contributed by atoms with Crippen LogP contribution in [0.3, 0.4) is 0 Å². The molecule has 0 aromatic carbocycles. The highest BCUT2D eigenvalue weighted by atomic mass is 31.2. The number of aliphatic hydroxyl groups is 3. The van der Waals surface area contributed by atoms with Crippen LogP contribution in [0.25, 0.3) is 0 Å². The van der Waals surface area contributed by atoms with Gasteiger partial charge in [0.15, 0.2) is 6.10 Å². The van der Waals surface area contributed by atoms with E-state index >= 15 is 0 Å². The number of hydrogen-bond acceptors (Lipinski definition) is 11. The van der Waals surface area contributed by atoms with Crippen molar-refractivity contribution >= 4 is 19.8 Å². The number of phosphoric ester groups is 1. The standard InChI is InChI=1S/C43H72NO11P/c1-3-5-7-8-9-10-11-12-13-14-15-16-17-18-19-20-22-28-43(49)55-37(35-54-56(50,51)53-32-31-44)34-52-42(48)27-24-23-26-38-39(41(47)33-40(38)46)30-29-36(45)25-21-6-4-2/h9-10,12-13,15-16,18-19,23-24,29-30,36-41,45-47H,3-8,11,14,17,20-22,25-28,31-35,44H2,1-2H3,(H,50,51)/b10-9-,13-12-,16-15-,19-18-,24-23-,30-29+/t36-,37-,38+,39-,40+,41-/m1/s1. The Morgan fingerprint density at radius 2 is 1.41 bits per heavy atom. The lowest BCUT2D eigenvalue weighted by atomic mass is 9.89. The van der Waals surface area contributed by atoms with Gasteiger partial charge in [-0.1, -0.05) is 119 Å². The Balaban J connectivity index is 2.52. The van der Waals surface area contributed by atoms with E-state index in [0.717, 1.165) is 44.9 Å². The summed E-state index contributed by atoms with van der Waals surface area (Å²) < 4.78 is 32.6. The lowest BCUT2D eigenvalue weighted by Gasteiger charge is -2.20. The maximum Gasteiger partial charge on any atom is 0.472 e. The monoisotopic (exact) mass is 809 g/mol. The number of carbonyl (C=O) groups is 2. The van der Waals surface area contributed by atoms with E-state index in [2.05, 4.69) is 50.3 Å². The first kappa shape index (κ1) is 51.3. The second-order valence-corrected chi connectivity index (χ2v) is 15.6. The molecule has 1 saturated carbocycles. The number of hydrogen-bond donors (Lipinski definition) is 5. The Labute approximate surface area is 336 Å². The van der Waals surface area contributed by atoms with Crippen molar-refractivity contribution in [2.24, 2.45) is 17.6 Å². The van der Waals surface area contributed by atoms with Crippen LogP contribution in [0.15, 0.2) is 72.9 Å². The summed E-state index contributed by atoms with van der Waals surface area (Å²) in [6.07, 6.45) is 33.6. The summed E-state index contributed by atoms with van der Waals surface area (Å²) in [6.45, 7) is 3.13. The van der Waals surface area contributed by atoms with Gasteiger partial charge in [-0.15, -0.1) is 0 Å². The summed E-state index contributed by atoms with van der Waals surface area (Å²) in [4.78, 5) is 35.0. The third-order valence-electron chi connectivity index (χ3n) is 9.17. The normalized spacial score (nSPS) is 21.3. The van der Waals surface area contributed by atoms with E-state index in [1.165, 1.54) is 19.3 Å². The van der Waals surface area contributed by atoms with Crippen LogP contribution in [0.5, 0.6) is 0 Å². The molecule has 0 radical (unpaired) electrons. The molecule has 320 valence electrons. The molecule has 0 spiro atoms. The Hall–Kier alpha value is -2.67. The van der Waals surface area contributed by atoms with Crippen molar-refractivity contribution in [1.29, 1.82) is 0 Å². The first-order chi connectivity index (χ1) is 27.0. The molecule has 1 unspecified atom stereocenters. The minimum atomic E-state index is -4.48. The minimum Gasteiger partial charge on any atom is -0.461 e. The van der Waals surface area contributed by atoms with Crippen LogP contribution in [-0.2, 0) is 32.7 Å². The van der Waals surface area contributed by atoms with Crippen LogP contribution < -0.4 is 5.73 Å². The number of carbonyl (C=O) groups excluding carboxylic acids is 2. The highest BCUT2D eigenvalue weighted by molar-refractivity contribution is 7.47. The summed E-state index contributed by atoms with van der Waals surface area (Å²) in [5, 5.41) is 31.3. The number of aliphatic hydroxyl groups excluding tert-OH is 3. The van der Waals surface area contributed by atoms with E-state index in [4.69, 9.17) is 24.3 Å². The number of unbranched alkanes of at least 4 members (excludes halogenated alkanes) is 6. The molecule has 0 heterocycles. The maximum absolute atomic E-state index is 12.6. The fourth-order valence-electron chi connectivity index (χ4n) is 6.01. The molecule has 6 N–H and O–H groups in total. The average molecular weight is 810 g/mol. The summed E-state index contributed by atoms with van der Waals surface area (Å²) >= 11 is 0. The zero-order valence-corrected chi connectivity index (χ0v) is 34.8. The fraction of sp³-hybridized carbons (Fsp3) is 0.674.